The molecule has 21 heavy (non-hydrogen) atoms. The van der Waals surface area contributed by atoms with E-state index < -0.39 is 0 Å². The molecular formula is C18H20ClNO. The Bertz CT molecular complexity index is 566. The van der Waals surface area contributed by atoms with E-state index in [1.165, 1.54) is 0 Å². The summed E-state index contributed by atoms with van der Waals surface area (Å²) >= 11 is 5.78. The number of hydrogen-bond donors (Lipinski definition) is 0. The van der Waals surface area contributed by atoms with Crippen molar-refractivity contribution in [2.75, 3.05) is 6.54 Å². The quantitative estimate of drug-likeness (QED) is 0.721. The van der Waals surface area contributed by atoms with Crippen molar-refractivity contribution in [1.82, 2.24) is 4.90 Å². The first kappa shape index (κ1) is 15.6. The average Bonchev–Trinajstić information content (AvgIpc) is 2.55. The minimum atomic E-state index is 0.0711. The standard InChI is InChI=1S/C18H20ClNO/c1-2-12-20(14-16-6-4-3-5-7-16)18(21)17-10-8-15(13-19)9-11-17/h3-11H,2,12-14H2,1H3. The Balaban J connectivity index is 2.14. The summed E-state index contributed by atoms with van der Waals surface area (Å²) in [6.07, 6.45) is 0.943. The number of carbonyl (C=O) groups is 1. The molecule has 0 aliphatic rings. The molecule has 0 saturated carbocycles. The Morgan fingerprint density at radius 2 is 1.67 bits per heavy atom. The third kappa shape index (κ3) is 4.33. The lowest BCUT2D eigenvalue weighted by molar-refractivity contribution is 0.0743. The molecule has 0 bridgehead atoms. The highest BCUT2D eigenvalue weighted by atomic mass is 35.5. The van der Waals surface area contributed by atoms with Crippen LogP contribution in [0.4, 0.5) is 0 Å². The predicted molar refractivity (Wildman–Crippen MR) is 87.5 cm³/mol. The van der Waals surface area contributed by atoms with Crippen molar-refractivity contribution in [2.24, 2.45) is 0 Å². The molecule has 0 atom stereocenters. The molecular weight excluding hydrogens is 282 g/mol. The second kappa shape index (κ2) is 7.84. The van der Waals surface area contributed by atoms with Crippen molar-refractivity contribution >= 4 is 17.5 Å². The van der Waals surface area contributed by atoms with Gasteiger partial charge in [0.15, 0.2) is 0 Å². The second-order valence-corrected chi connectivity index (χ2v) is 5.31. The van der Waals surface area contributed by atoms with Crippen LogP contribution in [-0.2, 0) is 12.4 Å². The van der Waals surface area contributed by atoms with Crippen LogP contribution in [0.2, 0.25) is 0 Å². The zero-order valence-electron chi connectivity index (χ0n) is 12.3. The Kier molecular flexibility index (Phi) is 5.82. The van der Waals surface area contributed by atoms with Gasteiger partial charge in [0.1, 0.15) is 0 Å². The first-order chi connectivity index (χ1) is 10.2. The maximum absolute atomic E-state index is 12.6. The topological polar surface area (TPSA) is 20.3 Å². The summed E-state index contributed by atoms with van der Waals surface area (Å²) < 4.78 is 0. The molecule has 0 saturated heterocycles. The van der Waals surface area contributed by atoms with Crippen molar-refractivity contribution in [3.63, 3.8) is 0 Å². The van der Waals surface area contributed by atoms with Gasteiger partial charge in [0.25, 0.3) is 5.91 Å². The van der Waals surface area contributed by atoms with Gasteiger partial charge in [-0.15, -0.1) is 11.6 Å². The predicted octanol–water partition coefficient (Wildman–Crippen LogP) is 4.48. The highest BCUT2D eigenvalue weighted by Crippen LogP contribution is 2.13. The zero-order valence-corrected chi connectivity index (χ0v) is 13.0. The van der Waals surface area contributed by atoms with Crippen molar-refractivity contribution < 1.29 is 4.79 Å². The van der Waals surface area contributed by atoms with Gasteiger partial charge in [0.2, 0.25) is 0 Å². The lowest BCUT2D eigenvalue weighted by Gasteiger charge is -2.22. The fourth-order valence-electron chi connectivity index (χ4n) is 2.25. The molecule has 0 aliphatic carbocycles. The highest BCUT2D eigenvalue weighted by Gasteiger charge is 2.15. The van der Waals surface area contributed by atoms with Crippen LogP contribution in [0.25, 0.3) is 0 Å². The van der Waals surface area contributed by atoms with Gasteiger partial charge in [0.05, 0.1) is 0 Å². The molecule has 2 aromatic rings. The second-order valence-electron chi connectivity index (χ2n) is 5.04. The summed E-state index contributed by atoms with van der Waals surface area (Å²) in [5.74, 6) is 0.541. The normalized spacial score (nSPS) is 10.4. The monoisotopic (exact) mass is 301 g/mol. The van der Waals surface area contributed by atoms with E-state index in [1.807, 2.05) is 59.5 Å². The molecule has 1 amide bonds. The smallest absolute Gasteiger partial charge is 0.254 e. The maximum atomic E-state index is 12.6. The largest absolute Gasteiger partial charge is 0.334 e. The fourth-order valence-corrected chi connectivity index (χ4v) is 2.42. The van der Waals surface area contributed by atoms with E-state index >= 15 is 0 Å². The number of benzene rings is 2. The van der Waals surface area contributed by atoms with E-state index in [1.54, 1.807) is 0 Å². The number of alkyl halides is 1. The maximum Gasteiger partial charge on any atom is 0.254 e. The van der Waals surface area contributed by atoms with Gasteiger partial charge in [-0.05, 0) is 29.7 Å². The van der Waals surface area contributed by atoms with Crippen LogP contribution < -0.4 is 0 Å². The molecule has 2 nitrogen and oxygen atoms in total. The summed E-state index contributed by atoms with van der Waals surface area (Å²) in [4.78, 5) is 14.5. The van der Waals surface area contributed by atoms with Crippen LogP contribution in [0, 0.1) is 0 Å². The van der Waals surface area contributed by atoms with Crippen LogP contribution in [0.5, 0.6) is 0 Å². The first-order valence-corrected chi connectivity index (χ1v) is 7.76. The van der Waals surface area contributed by atoms with Crippen molar-refractivity contribution in [1.29, 1.82) is 0 Å². The number of halogens is 1. The molecule has 0 fully saturated rings. The van der Waals surface area contributed by atoms with Gasteiger partial charge in [-0.3, -0.25) is 4.79 Å². The van der Waals surface area contributed by atoms with Crippen LogP contribution in [0.15, 0.2) is 54.6 Å². The molecule has 2 rings (SSSR count). The molecule has 3 heteroatoms. The number of amides is 1. The summed E-state index contributed by atoms with van der Waals surface area (Å²) in [7, 11) is 0. The van der Waals surface area contributed by atoms with Gasteiger partial charge in [-0.1, -0.05) is 49.4 Å². The first-order valence-electron chi connectivity index (χ1n) is 7.22. The van der Waals surface area contributed by atoms with Crippen molar-refractivity contribution in [2.45, 2.75) is 25.8 Å². The van der Waals surface area contributed by atoms with Crippen LogP contribution in [0.1, 0.15) is 34.8 Å². The fraction of sp³-hybridized carbons (Fsp3) is 0.278. The summed E-state index contributed by atoms with van der Waals surface area (Å²) in [6.45, 7) is 3.48. The van der Waals surface area contributed by atoms with Crippen LogP contribution in [-0.4, -0.2) is 17.4 Å². The van der Waals surface area contributed by atoms with E-state index in [2.05, 4.69) is 6.92 Å². The highest BCUT2D eigenvalue weighted by molar-refractivity contribution is 6.17. The zero-order chi connectivity index (χ0) is 15.1. The number of hydrogen-bond acceptors (Lipinski definition) is 1. The van der Waals surface area contributed by atoms with Gasteiger partial charge in [-0.25, -0.2) is 0 Å². The van der Waals surface area contributed by atoms with Gasteiger partial charge in [0, 0.05) is 24.5 Å². The molecule has 0 N–H and O–H groups in total. The lowest BCUT2D eigenvalue weighted by atomic mass is 10.1. The molecule has 0 spiro atoms. The number of carbonyl (C=O) groups excluding carboxylic acids is 1. The molecule has 110 valence electrons. The third-order valence-corrected chi connectivity index (χ3v) is 3.66. The van der Waals surface area contributed by atoms with Crippen LogP contribution >= 0.6 is 11.6 Å². The van der Waals surface area contributed by atoms with Crippen molar-refractivity contribution in [3.8, 4) is 0 Å². The molecule has 2 aromatic carbocycles. The summed E-state index contributed by atoms with van der Waals surface area (Å²) in [6, 6.07) is 17.6. The average molecular weight is 302 g/mol. The molecule has 0 aromatic heterocycles. The van der Waals surface area contributed by atoms with E-state index in [0.29, 0.717) is 18.0 Å². The van der Waals surface area contributed by atoms with Gasteiger partial charge in [-0.2, -0.15) is 0 Å². The van der Waals surface area contributed by atoms with E-state index in [4.69, 9.17) is 11.6 Å². The lowest BCUT2D eigenvalue weighted by Crippen LogP contribution is -2.31. The Labute approximate surface area is 131 Å². The molecule has 0 unspecified atom stereocenters. The van der Waals surface area contributed by atoms with Crippen LogP contribution in [0.3, 0.4) is 0 Å². The third-order valence-electron chi connectivity index (χ3n) is 3.35. The van der Waals surface area contributed by atoms with E-state index in [-0.39, 0.29) is 5.91 Å². The Morgan fingerprint density at radius 1 is 1.00 bits per heavy atom. The summed E-state index contributed by atoms with van der Waals surface area (Å²) in [5, 5.41) is 0. The Hall–Kier alpha value is -1.80. The number of rotatable bonds is 6. The van der Waals surface area contributed by atoms with Gasteiger partial charge >= 0.3 is 0 Å². The SMILES string of the molecule is CCCN(Cc1ccccc1)C(=O)c1ccc(CCl)cc1. The Morgan fingerprint density at radius 3 is 2.24 bits per heavy atom. The minimum absolute atomic E-state index is 0.0711. The molecule has 0 radical (unpaired) electrons. The number of nitrogens with zero attached hydrogens (tertiary/aromatic N) is 1. The van der Waals surface area contributed by atoms with Crippen molar-refractivity contribution in [3.05, 3.63) is 71.3 Å². The molecule has 0 aliphatic heterocycles. The minimum Gasteiger partial charge on any atom is -0.334 e. The van der Waals surface area contributed by atoms with E-state index in [9.17, 15) is 4.79 Å². The summed E-state index contributed by atoms with van der Waals surface area (Å²) in [5.41, 5.74) is 2.89. The van der Waals surface area contributed by atoms with E-state index in [0.717, 1.165) is 24.1 Å². The molecule has 0 heterocycles. The van der Waals surface area contributed by atoms with Gasteiger partial charge < -0.3 is 4.90 Å².